The molecule has 2 N–H and O–H groups in total. The highest BCUT2D eigenvalue weighted by molar-refractivity contribution is 6.30. The predicted molar refractivity (Wildman–Crippen MR) is 84.6 cm³/mol. The maximum Gasteiger partial charge on any atom is 0.126 e. The van der Waals surface area contributed by atoms with Gasteiger partial charge in [0.1, 0.15) is 5.75 Å². The number of hydrogen-bond donors (Lipinski definition) is 1. The lowest BCUT2D eigenvalue weighted by Gasteiger charge is -2.19. The average Bonchev–Trinajstić information content (AvgIpc) is 2.41. The summed E-state index contributed by atoms with van der Waals surface area (Å²) in [4.78, 5) is 0. The molecule has 0 fully saturated rings. The van der Waals surface area contributed by atoms with Crippen LogP contribution in [0.25, 0.3) is 0 Å². The van der Waals surface area contributed by atoms with E-state index < -0.39 is 0 Å². The monoisotopic (exact) mass is 289 g/mol. The minimum absolute atomic E-state index is 0.109. The third-order valence-corrected chi connectivity index (χ3v) is 3.89. The van der Waals surface area contributed by atoms with E-state index in [0.29, 0.717) is 0 Å². The molecule has 0 radical (unpaired) electrons. The maximum absolute atomic E-state index is 6.35. The summed E-state index contributed by atoms with van der Waals surface area (Å²) in [5.41, 5.74) is 10.9. The Bertz CT molecular complexity index is 610. The Morgan fingerprint density at radius 1 is 1.20 bits per heavy atom. The summed E-state index contributed by atoms with van der Waals surface area (Å²) in [6.45, 7) is 4.13. The van der Waals surface area contributed by atoms with E-state index in [9.17, 15) is 0 Å². The van der Waals surface area contributed by atoms with Gasteiger partial charge in [-0.2, -0.15) is 0 Å². The van der Waals surface area contributed by atoms with Crippen LogP contribution < -0.4 is 10.5 Å². The smallest absolute Gasteiger partial charge is 0.126 e. The normalized spacial score (nSPS) is 12.2. The van der Waals surface area contributed by atoms with Gasteiger partial charge in [0, 0.05) is 16.6 Å². The van der Waals surface area contributed by atoms with Gasteiger partial charge >= 0.3 is 0 Å². The van der Waals surface area contributed by atoms with Crippen LogP contribution in [0.4, 0.5) is 0 Å². The Hall–Kier alpha value is -1.51. The summed E-state index contributed by atoms with van der Waals surface area (Å²) in [6, 6.07) is 11.8. The number of hydrogen-bond acceptors (Lipinski definition) is 2. The van der Waals surface area contributed by atoms with Crippen molar-refractivity contribution in [3.05, 3.63) is 63.7 Å². The van der Waals surface area contributed by atoms with Crippen LogP contribution in [0.1, 0.15) is 28.3 Å². The molecule has 3 heteroatoms. The Morgan fingerprint density at radius 3 is 2.60 bits per heavy atom. The van der Waals surface area contributed by atoms with Crippen molar-refractivity contribution in [3.63, 3.8) is 0 Å². The third-order valence-electron chi connectivity index (χ3n) is 3.66. The van der Waals surface area contributed by atoms with E-state index in [2.05, 4.69) is 26.0 Å². The van der Waals surface area contributed by atoms with Crippen molar-refractivity contribution < 1.29 is 4.74 Å². The highest BCUT2D eigenvalue weighted by Gasteiger charge is 2.15. The van der Waals surface area contributed by atoms with Gasteiger partial charge in [-0.25, -0.2) is 0 Å². The van der Waals surface area contributed by atoms with Crippen LogP contribution in [0.15, 0.2) is 36.4 Å². The lowest BCUT2D eigenvalue weighted by molar-refractivity contribution is 0.402. The minimum Gasteiger partial charge on any atom is -0.496 e. The number of halogens is 1. The Kier molecular flexibility index (Phi) is 4.69. The van der Waals surface area contributed by atoms with Crippen LogP contribution in [-0.2, 0) is 6.42 Å². The molecule has 0 aromatic heterocycles. The van der Waals surface area contributed by atoms with Crippen LogP contribution in [0.3, 0.4) is 0 Å². The molecule has 0 saturated carbocycles. The van der Waals surface area contributed by atoms with E-state index in [1.807, 2.05) is 24.3 Å². The van der Waals surface area contributed by atoms with Gasteiger partial charge < -0.3 is 10.5 Å². The van der Waals surface area contributed by atoms with Crippen molar-refractivity contribution in [3.8, 4) is 5.75 Å². The van der Waals surface area contributed by atoms with Gasteiger partial charge in [0.15, 0.2) is 0 Å². The van der Waals surface area contributed by atoms with E-state index in [-0.39, 0.29) is 6.04 Å². The van der Waals surface area contributed by atoms with Gasteiger partial charge in [0.25, 0.3) is 0 Å². The molecular formula is C17H20ClNO. The van der Waals surface area contributed by atoms with E-state index in [0.717, 1.165) is 33.9 Å². The van der Waals surface area contributed by atoms with Crippen molar-refractivity contribution >= 4 is 11.6 Å². The fourth-order valence-corrected chi connectivity index (χ4v) is 2.61. The first kappa shape index (κ1) is 14.9. The standard InChI is InChI=1S/C17H20ClNO/c1-11-7-8-15(17(20-3)12(11)2)16(19)10-13-5-4-6-14(18)9-13/h4-9,16H,10,19H2,1-3H3. The minimum atomic E-state index is -0.109. The van der Waals surface area contributed by atoms with Crippen molar-refractivity contribution in [1.29, 1.82) is 0 Å². The molecule has 0 spiro atoms. The van der Waals surface area contributed by atoms with Gasteiger partial charge in [-0.15, -0.1) is 0 Å². The summed E-state index contributed by atoms with van der Waals surface area (Å²) >= 11 is 6.01. The second kappa shape index (κ2) is 6.29. The molecule has 1 atom stereocenters. The zero-order valence-corrected chi connectivity index (χ0v) is 12.9. The number of rotatable bonds is 4. The second-order valence-corrected chi connectivity index (χ2v) is 5.51. The first-order valence-corrected chi connectivity index (χ1v) is 7.05. The summed E-state index contributed by atoms with van der Waals surface area (Å²) in [5, 5.41) is 0.738. The second-order valence-electron chi connectivity index (χ2n) is 5.07. The summed E-state index contributed by atoms with van der Waals surface area (Å²) in [7, 11) is 1.69. The van der Waals surface area contributed by atoms with Crippen molar-refractivity contribution in [2.24, 2.45) is 5.73 Å². The van der Waals surface area contributed by atoms with Gasteiger partial charge in [-0.3, -0.25) is 0 Å². The van der Waals surface area contributed by atoms with Crippen LogP contribution in [0.2, 0.25) is 5.02 Å². The molecular weight excluding hydrogens is 270 g/mol. The SMILES string of the molecule is COc1c(C(N)Cc2cccc(Cl)c2)ccc(C)c1C. The summed E-state index contributed by atoms with van der Waals surface area (Å²) in [6.07, 6.45) is 0.736. The van der Waals surface area contributed by atoms with E-state index in [1.165, 1.54) is 5.56 Å². The molecule has 2 rings (SSSR count). The quantitative estimate of drug-likeness (QED) is 0.915. The lowest BCUT2D eigenvalue weighted by atomic mass is 9.95. The Morgan fingerprint density at radius 2 is 1.95 bits per heavy atom. The van der Waals surface area contributed by atoms with Crippen LogP contribution in [-0.4, -0.2) is 7.11 Å². The molecule has 0 heterocycles. The summed E-state index contributed by atoms with van der Waals surface area (Å²) < 4.78 is 5.53. The Balaban J connectivity index is 2.29. The predicted octanol–water partition coefficient (Wildman–Crippen LogP) is 4.21. The summed E-state index contributed by atoms with van der Waals surface area (Å²) in [5.74, 6) is 0.888. The molecule has 0 bridgehead atoms. The van der Waals surface area contributed by atoms with Crippen molar-refractivity contribution in [1.82, 2.24) is 0 Å². The van der Waals surface area contributed by atoms with Crippen LogP contribution in [0.5, 0.6) is 5.75 Å². The number of nitrogens with two attached hydrogens (primary N) is 1. The molecule has 0 aliphatic heterocycles. The molecule has 1 unspecified atom stereocenters. The number of benzene rings is 2. The van der Waals surface area contributed by atoms with E-state index in [1.54, 1.807) is 7.11 Å². The fraction of sp³-hybridized carbons (Fsp3) is 0.294. The van der Waals surface area contributed by atoms with Gasteiger partial charge in [-0.1, -0.05) is 35.9 Å². The van der Waals surface area contributed by atoms with Gasteiger partial charge in [-0.05, 0) is 49.1 Å². The van der Waals surface area contributed by atoms with Gasteiger partial charge in [0.05, 0.1) is 7.11 Å². The topological polar surface area (TPSA) is 35.2 Å². The first-order chi connectivity index (χ1) is 9.52. The Labute approximate surface area is 125 Å². The molecule has 20 heavy (non-hydrogen) atoms. The molecule has 106 valence electrons. The highest BCUT2D eigenvalue weighted by Crippen LogP contribution is 2.31. The zero-order chi connectivity index (χ0) is 14.7. The third kappa shape index (κ3) is 3.14. The average molecular weight is 290 g/mol. The zero-order valence-electron chi connectivity index (χ0n) is 12.1. The van der Waals surface area contributed by atoms with Crippen molar-refractivity contribution in [2.45, 2.75) is 26.3 Å². The number of methoxy groups -OCH3 is 1. The highest BCUT2D eigenvalue weighted by atomic mass is 35.5. The van der Waals surface area contributed by atoms with E-state index in [4.69, 9.17) is 22.1 Å². The molecule has 2 nitrogen and oxygen atoms in total. The molecule has 0 amide bonds. The largest absolute Gasteiger partial charge is 0.496 e. The molecule has 0 aliphatic carbocycles. The number of aryl methyl sites for hydroxylation is 1. The van der Waals surface area contributed by atoms with Crippen molar-refractivity contribution in [2.75, 3.05) is 7.11 Å². The number of ether oxygens (including phenoxy) is 1. The lowest BCUT2D eigenvalue weighted by Crippen LogP contribution is -2.15. The maximum atomic E-state index is 6.35. The van der Waals surface area contributed by atoms with Crippen LogP contribution in [0, 0.1) is 13.8 Å². The molecule has 2 aromatic rings. The van der Waals surface area contributed by atoms with Gasteiger partial charge in [0.2, 0.25) is 0 Å². The van der Waals surface area contributed by atoms with E-state index >= 15 is 0 Å². The molecule has 0 saturated heterocycles. The molecule has 2 aromatic carbocycles. The fourth-order valence-electron chi connectivity index (χ4n) is 2.40. The van der Waals surface area contributed by atoms with Crippen LogP contribution >= 0.6 is 11.6 Å². The molecule has 0 aliphatic rings. The first-order valence-electron chi connectivity index (χ1n) is 6.67.